The second kappa shape index (κ2) is 16.9. The van der Waals surface area contributed by atoms with Gasteiger partial charge in [0, 0.05) is 6.42 Å². The minimum absolute atomic E-state index is 0.147. The third kappa shape index (κ3) is 17.1. The molecular formula is C24H46O4. The first-order valence-corrected chi connectivity index (χ1v) is 11.7. The molecule has 0 aliphatic rings. The van der Waals surface area contributed by atoms with Crippen molar-refractivity contribution in [2.24, 2.45) is 11.3 Å². The van der Waals surface area contributed by atoms with Crippen LogP contribution in [0, 0.1) is 11.3 Å². The van der Waals surface area contributed by atoms with Crippen LogP contribution >= 0.6 is 0 Å². The molecule has 4 nitrogen and oxygen atoms in total. The molecule has 0 saturated heterocycles. The molecule has 0 fully saturated rings. The molecular weight excluding hydrogens is 352 g/mol. The highest BCUT2D eigenvalue weighted by Gasteiger charge is 2.30. The van der Waals surface area contributed by atoms with Crippen LogP contribution in [-0.4, -0.2) is 22.2 Å². The summed E-state index contributed by atoms with van der Waals surface area (Å²) in [6, 6.07) is 0. The van der Waals surface area contributed by atoms with E-state index >= 15 is 0 Å². The van der Waals surface area contributed by atoms with E-state index in [9.17, 15) is 14.7 Å². The molecule has 0 rings (SSSR count). The van der Waals surface area contributed by atoms with Gasteiger partial charge >= 0.3 is 11.9 Å². The van der Waals surface area contributed by atoms with Crippen molar-refractivity contribution >= 4 is 11.9 Å². The zero-order chi connectivity index (χ0) is 21.3. The molecule has 0 aromatic carbocycles. The third-order valence-corrected chi connectivity index (χ3v) is 5.73. The molecule has 0 aliphatic heterocycles. The van der Waals surface area contributed by atoms with Gasteiger partial charge in [0.25, 0.3) is 0 Å². The highest BCUT2D eigenvalue weighted by molar-refractivity contribution is 5.70. The molecule has 2 N–H and O–H groups in total. The molecule has 0 spiro atoms. The fraction of sp³-hybridized carbons (Fsp3) is 0.917. The average Bonchev–Trinajstić information content (AvgIpc) is 2.59. The molecule has 1 atom stereocenters. The fourth-order valence-electron chi connectivity index (χ4n) is 3.85. The van der Waals surface area contributed by atoms with Gasteiger partial charge in [-0.2, -0.15) is 0 Å². The van der Waals surface area contributed by atoms with Crippen molar-refractivity contribution in [3.05, 3.63) is 0 Å². The first-order chi connectivity index (χ1) is 13.2. The Labute approximate surface area is 173 Å². The maximum atomic E-state index is 11.3. The number of carboxylic acid groups (broad SMARTS) is 2. The van der Waals surface area contributed by atoms with E-state index in [-0.39, 0.29) is 11.3 Å². The molecule has 0 heterocycles. The summed E-state index contributed by atoms with van der Waals surface area (Å²) in [6.07, 6.45) is 19.4. The summed E-state index contributed by atoms with van der Waals surface area (Å²) < 4.78 is 0. The van der Waals surface area contributed by atoms with Gasteiger partial charge in [0.1, 0.15) is 0 Å². The third-order valence-electron chi connectivity index (χ3n) is 5.73. The fourth-order valence-corrected chi connectivity index (χ4v) is 3.85. The van der Waals surface area contributed by atoms with Crippen LogP contribution in [0.1, 0.15) is 130 Å². The number of hydrogen-bond donors (Lipinski definition) is 2. The van der Waals surface area contributed by atoms with E-state index in [1.165, 1.54) is 70.6 Å². The van der Waals surface area contributed by atoms with Gasteiger partial charge in [-0.3, -0.25) is 9.59 Å². The standard InChI is InChI=1S/C24H46O4/c1-24(2,3)21(23(27)28)19-17-15-13-11-9-7-5-4-6-8-10-12-14-16-18-20-22(25)26/h21H,4-20H2,1-3H3,(H,25,26)(H,27,28). The first-order valence-electron chi connectivity index (χ1n) is 11.7. The second-order valence-electron chi connectivity index (χ2n) is 9.49. The quantitative estimate of drug-likeness (QED) is 0.222. The normalized spacial score (nSPS) is 12.8. The van der Waals surface area contributed by atoms with Crippen molar-refractivity contribution in [1.29, 1.82) is 0 Å². The lowest BCUT2D eigenvalue weighted by molar-refractivity contribution is -0.146. The summed E-state index contributed by atoms with van der Waals surface area (Å²) in [4.78, 5) is 21.7. The minimum atomic E-state index is -0.674. The first kappa shape index (κ1) is 26.9. The van der Waals surface area contributed by atoms with E-state index in [0.717, 1.165) is 32.1 Å². The van der Waals surface area contributed by atoms with Gasteiger partial charge in [0.15, 0.2) is 0 Å². The van der Waals surface area contributed by atoms with Crippen LogP contribution in [-0.2, 0) is 9.59 Å². The van der Waals surface area contributed by atoms with E-state index in [2.05, 4.69) is 0 Å². The van der Waals surface area contributed by atoms with Crippen LogP contribution in [0.25, 0.3) is 0 Å². The zero-order valence-electron chi connectivity index (χ0n) is 18.8. The lowest BCUT2D eigenvalue weighted by Crippen LogP contribution is -2.28. The molecule has 0 bridgehead atoms. The molecule has 0 aliphatic carbocycles. The highest BCUT2D eigenvalue weighted by Crippen LogP contribution is 2.30. The van der Waals surface area contributed by atoms with E-state index in [4.69, 9.17) is 5.11 Å². The average molecular weight is 399 g/mol. The highest BCUT2D eigenvalue weighted by atomic mass is 16.4. The summed E-state index contributed by atoms with van der Waals surface area (Å²) in [6.45, 7) is 6.07. The van der Waals surface area contributed by atoms with E-state index in [0.29, 0.717) is 6.42 Å². The van der Waals surface area contributed by atoms with Crippen molar-refractivity contribution < 1.29 is 19.8 Å². The number of hydrogen-bond acceptors (Lipinski definition) is 2. The summed E-state index contributed by atoms with van der Waals surface area (Å²) >= 11 is 0. The van der Waals surface area contributed by atoms with Crippen LogP contribution in [0.2, 0.25) is 0 Å². The van der Waals surface area contributed by atoms with Crippen LogP contribution in [0.4, 0.5) is 0 Å². The van der Waals surface area contributed by atoms with Gasteiger partial charge in [-0.25, -0.2) is 0 Å². The summed E-state index contributed by atoms with van der Waals surface area (Å²) in [5.41, 5.74) is -0.147. The summed E-state index contributed by atoms with van der Waals surface area (Å²) in [7, 11) is 0. The largest absolute Gasteiger partial charge is 0.481 e. The number of carboxylic acids is 2. The maximum absolute atomic E-state index is 11.3. The monoisotopic (exact) mass is 398 g/mol. The predicted molar refractivity (Wildman–Crippen MR) is 117 cm³/mol. The Balaban J connectivity index is 3.30. The molecule has 0 amide bonds. The molecule has 4 heteroatoms. The lowest BCUT2D eigenvalue weighted by Gasteiger charge is -2.26. The van der Waals surface area contributed by atoms with Crippen LogP contribution in [0.5, 0.6) is 0 Å². The van der Waals surface area contributed by atoms with Crippen molar-refractivity contribution in [3.8, 4) is 0 Å². The Kier molecular flexibility index (Phi) is 16.2. The molecule has 0 aromatic rings. The van der Waals surface area contributed by atoms with Crippen molar-refractivity contribution in [2.45, 2.75) is 130 Å². The number of carbonyl (C=O) groups is 2. The van der Waals surface area contributed by atoms with E-state index < -0.39 is 11.9 Å². The number of unbranched alkanes of at least 4 members (excludes halogenated alkanes) is 14. The Bertz CT molecular complexity index is 398. The topological polar surface area (TPSA) is 74.6 Å². The Hall–Kier alpha value is -1.06. The van der Waals surface area contributed by atoms with Gasteiger partial charge < -0.3 is 10.2 Å². The maximum Gasteiger partial charge on any atom is 0.307 e. The Morgan fingerprint density at radius 2 is 0.929 bits per heavy atom. The Morgan fingerprint density at radius 3 is 1.21 bits per heavy atom. The van der Waals surface area contributed by atoms with Gasteiger partial charge in [-0.1, -0.05) is 111 Å². The van der Waals surface area contributed by atoms with Crippen molar-refractivity contribution in [1.82, 2.24) is 0 Å². The van der Waals surface area contributed by atoms with Gasteiger partial charge in [0.2, 0.25) is 0 Å². The van der Waals surface area contributed by atoms with Crippen LogP contribution < -0.4 is 0 Å². The van der Waals surface area contributed by atoms with Gasteiger partial charge in [0.05, 0.1) is 5.92 Å². The molecule has 0 saturated carbocycles. The number of aliphatic carboxylic acids is 2. The van der Waals surface area contributed by atoms with E-state index in [1.807, 2.05) is 20.8 Å². The predicted octanol–water partition coefficient (Wildman–Crippen LogP) is 7.45. The van der Waals surface area contributed by atoms with Crippen LogP contribution in [0.3, 0.4) is 0 Å². The van der Waals surface area contributed by atoms with Gasteiger partial charge in [-0.05, 0) is 18.3 Å². The minimum Gasteiger partial charge on any atom is -0.481 e. The molecule has 166 valence electrons. The second-order valence-corrected chi connectivity index (χ2v) is 9.49. The zero-order valence-corrected chi connectivity index (χ0v) is 18.8. The van der Waals surface area contributed by atoms with Crippen molar-refractivity contribution in [2.75, 3.05) is 0 Å². The van der Waals surface area contributed by atoms with E-state index in [1.54, 1.807) is 0 Å². The molecule has 0 aromatic heterocycles. The SMILES string of the molecule is CC(C)(C)C(CCCCCCCCCCCCCCCCCC(=O)O)C(=O)O. The summed E-state index contributed by atoms with van der Waals surface area (Å²) in [5.74, 6) is -1.55. The van der Waals surface area contributed by atoms with Gasteiger partial charge in [-0.15, -0.1) is 0 Å². The lowest BCUT2D eigenvalue weighted by atomic mass is 9.78. The smallest absolute Gasteiger partial charge is 0.307 e. The molecule has 1 unspecified atom stereocenters. The molecule has 28 heavy (non-hydrogen) atoms. The Morgan fingerprint density at radius 1 is 0.607 bits per heavy atom. The summed E-state index contributed by atoms with van der Waals surface area (Å²) in [5, 5.41) is 17.9. The number of rotatable bonds is 19. The van der Waals surface area contributed by atoms with Crippen molar-refractivity contribution in [3.63, 3.8) is 0 Å². The van der Waals surface area contributed by atoms with Crippen LogP contribution in [0.15, 0.2) is 0 Å². The molecule has 0 radical (unpaired) electrons.